The monoisotopic (exact) mass is 587 g/mol. The lowest BCUT2D eigenvalue weighted by Gasteiger charge is -2.16. The van der Waals surface area contributed by atoms with Crippen molar-refractivity contribution in [3.8, 4) is 5.75 Å². The van der Waals surface area contributed by atoms with Crippen LogP contribution in [0, 0.1) is 0 Å². The summed E-state index contributed by atoms with van der Waals surface area (Å²) < 4.78 is 72.0. The fraction of sp³-hybridized carbons (Fsp3) is 0.316. The van der Waals surface area contributed by atoms with E-state index in [0.29, 0.717) is 21.1 Å². The highest BCUT2D eigenvalue weighted by atomic mass is 79.9. The van der Waals surface area contributed by atoms with Gasteiger partial charge in [-0.1, -0.05) is 0 Å². The van der Waals surface area contributed by atoms with Gasteiger partial charge in [0, 0.05) is 12.1 Å². The van der Waals surface area contributed by atoms with Crippen LogP contribution >= 0.6 is 31.9 Å². The normalized spacial score (nSPS) is 11.9. The number of hydrogen-bond donors (Lipinski definition) is 2. The van der Waals surface area contributed by atoms with Crippen molar-refractivity contribution in [3.63, 3.8) is 0 Å². The number of hydrogen-bond acceptors (Lipinski definition) is 4. The van der Waals surface area contributed by atoms with E-state index in [1.807, 2.05) is 0 Å². The van der Waals surface area contributed by atoms with Crippen molar-refractivity contribution in [2.24, 2.45) is 0 Å². The van der Waals surface area contributed by atoms with E-state index in [-0.39, 0.29) is 30.0 Å². The third-order valence-corrected chi connectivity index (χ3v) is 6.53. The Morgan fingerprint density at radius 1 is 1.10 bits per heavy atom. The minimum absolute atomic E-state index is 0.0558. The zero-order valence-electron chi connectivity index (χ0n) is 16.1. The van der Waals surface area contributed by atoms with E-state index in [1.165, 1.54) is 13.0 Å². The largest absolute Gasteiger partial charge is 0.487 e. The maximum atomic E-state index is 13.3. The van der Waals surface area contributed by atoms with Crippen LogP contribution in [0.5, 0.6) is 5.75 Å². The van der Waals surface area contributed by atoms with Crippen LogP contribution in [0.4, 0.5) is 18.9 Å². The number of sulfonamides is 1. The number of carbonyl (C=O) groups is 1. The lowest BCUT2D eigenvalue weighted by molar-refractivity contribution is -0.138. The summed E-state index contributed by atoms with van der Waals surface area (Å²) in [5, 5.41) is 8.80. The predicted molar refractivity (Wildman–Crippen MR) is 117 cm³/mol. The second-order valence-corrected chi connectivity index (χ2v) is 10.2. The molecule has 0 spiro atoms. The second kappa shape index (κ2) is 10.2. The summed E-state index contributed by atoms with van der Waals surface area (Å²) >= 11 is 6.63. The van der Waals surface area contributed by atoms with Gasteiger partial charge in [-0.25, -0.2) is 8.42 Å². The van der Waals surface area contributed by atoms with E-state index in [4.69, 9.17) is 9.84 Å². The minimum Gasteiger partial charge on any atom is -0.487 e. The first kappa shape index (κ1) is 25.5. The molecule has 2 aromatic rings. The highest BCUT2D eigenvalue weighted by Gasteiger charge is 2.31. The van der Waals surface area contributed by atoms with Gasteiger partial charge in [-0.15, -0.1) is 0 Å². The standard InChI is InChI=1S/C19H18Br2F3NO5S/c1-2-31(28,29)25-14-6-12(5-13(9-14)19(22,23)24)10-30-18-15(20)7-11(8-16(18)21)3-4-17(26)27/h5-9,25H,2-4,10H2,1H3,(H,26,27). The van der Waals surface area contributed by atoms with Crippen molar-refractivity contribution in [2.75, 3.05) is 10.5 Å². The summed E-state index contributed by atoms with van der Waals surface area (Å²) in [7, 11) is -3.76. The molecular weight excluding hydrogens is 571 g/mol. The summed E-state index contributed by atoms with van der Waals surface area (Å²) in [4.78, 5) is 10.7. The number of alkyl halides is 3. The zero-order valence-corrected chi connectivity index (χ0v) is 20.1. The highest BCUT2D eigenvalue weighted by molar-refractivity contribution is 9.11. The average Bonchev–Trinajstić information content (AvgIpc) is 2.64. The van der Waals surface area contributed by atoms with Crippen LogP contribution < -0.4 is 9.46 Å². The molecule has 0 heterocycles. The smallest absolute Gasteiger partial charge is 0.416 e. The summed E-state index contributed by atoms with van der Waals surface area (Å²) in [6.07, 6.45) is -4.43. The topological polar surface area (TPSA) is 92.7 Å². The number of carboxylic acids is 1. The van der Waals surface area contributed by atoms with Gasteiger partial charge in [0.05, 0.1) is 20.3 Å². The molecule has 0 radical (unpaired) electrons. The molecule has 12 heteroatoms. The second-order valence-electron chi connectivity index (χ2n) is 6.49. The first-order valence-electron chi connectivity index (χ1n) is 8.85. The molecule has 0 bridgehead atoms. The Hall–Kier alpha value is -1.79. The lowest BCUT2D eigenvalue weighted by Crippen LogP contribution is -2.16. The van der Waals surface area contributed by atoms with Crippen LogP contribution in [0.2, 0.25) is 0 Å². The van der Waals surface area contributed by atoms with Crippen molar-refractivity contribution in [1.29, 1.82) is 0 Å². The molecule has 0 saturated heterocycles. The van der Waals surface area contributed by atoms with Crippen LogP contribution in [-0.4, -0.2) is 25.2 Å². The van der Waals surface area contributed by atoms with Gasteiger partial charge in [0.25, 0.3) is 0 Å². The Kier molecular flexibility index (Phi) is 8.40. The Balaban J connectivity index is 2.29. The quantitative estimate of drug-likeness (QED) is 0.398. The van der Waals surface area contributed by atoms with E-state index in [9.17, 15) is 26.4 Å². The van der Waals surface area contributed by atoms with E-state index in [0.717, 1.165) is 17.7 Å². The number of anilines is 1. The highest BCUT2D eigenvalue weighted by Crippen LogP contribution is 2.37. The number of rotatable bonds is 9. The number of nitrogens with one attached hydrogen (secondary N) is 1. The van der Waals surface area contributed by atoms with Crippen molar-refractivity contribution < 1.29 is 36.2 Å². The maximum absolute atomic E-state index is 13.3. The van der Waals surface area contributed by atoms with Gasteiger partial charge in [-0.05, 0) is 86.7 Å². The Bertz CT molecular complexity index is 1050. The van der Waals surface area contributed by atoms with Crippen LogP contribution in [0.3, 0.4) is 0 Å². The third kappa shape index (κ3) is 7.69. The number of benzene rings is 2. The van der Waals surface area contributed by atoms with Crippen molar-refractivity contribution in [2.45, 2.75) is 32.5 Å². The fourth-order valence-corrected chi connectivity index (χ4v) is 4.68. The molecule has 0 atom stereocenters. The molecule has 2 rings (SSSR count). The summed E-state index contributed by atoms with van der Waals surface area (Å²) in [6.45, 7) is 1.10. The van der Waals surface area contributed by atoms with Crippen LogP contribution in [0.1, 0.15) is 30.0 Å². The molecule has 0 aliphatic heterocycles. The Labute approximate surface area is 194 Å². The number of aliphatic carboxylic acids is 1. The predicted octanol–water partition coefficient (Wildman–Crippen LogP) is 5.59. The van der Waals surface area contributed by atoms with Gasteiger partial charge in [-0.2, -0.15) is 13.2 Å². The molecular formula is C19H18Br2F3NO5S. The molecule has 0 aliphatic carbocycles. The Morgan fingerprint density at radius 2 is 1.71 bits per heavy atom. The summed E-state index contributed by atoms with van der Waals surface area (Å²) in [6, 6.07) is 6.20. The molecule has 0 aliphatic rings. The van der Waals surface area contributed by atoms with Crippen LogP contribution in [-0.2, 0) is 34.0 Å². The molecule has 0 amide bonds. The SMILES string of the molecule is CCS(=O)(=O)Nc1cc(COc2c(Br)cc(CCC(=O)O)cc2Br)cc(C(F)(F)F)c1. The first-order valence-corrected chi connectivity index (χ1v) is 12.1. The van der Waals surface area contributed by atoms with Crippen molar-refractivity contribution in [3.05, 3.63) is 56.0 Å². The molecule has 0 fully saturated rings. The molecule has 2 aromatic carbocycles. The first-order chi connectivity index (χ1) is 14.3. The van der Waals surface area contributed by atoms with E-state index in [2.05, 4.69) is 36.6 Å². The van der Waals surface area contributed by atoms with Gasteiger partial charge in [0.2, 0.25) is 10.0 Å². The third-order valence-electron chi connectivity index (χ3n) is 4.04. The number of aryl methyl sites for hydroxylation is 1. The fourth-order valence-electron chi connectivity index (χ4n) is 2.55. The number of carboxylic acid groups (broad SMARTS) is 1. The van der Waals surface area contributed by atoms with E-state index in [1.54, 1.807) is 12.1 Å². The minimum atomic E-state index is -4.67. The summed E-state index contributed by atoms with van der Waals surface area (Å²) in [5.74, 6) is -0.915. The lowest BCUT2D eigenvalue weighted by atomic mass is 10.1. The molecule has 0 aromatic heterocycles. The van der Waals surface area contributed by atoms with Gasteiger partial charge < -0.3 is 9.84 Å². The molecule has 2 N–H and O–H groups in total. The van der Waals surface area contributed by atoms with Gasteiger partial charge in [0.1, 0.15) is 12.4 Å². The van der Waals surface area contributed by atoms with Crippen LogP contribution in [0.25, 0.3) is 0 Å². The van der Waals surface area contributed by atoms with Gasteiger partial charge in [0.15, 0.2) is 0 Å². The van der Waals surface area contributed by atoms with Gasteiger partial charge >= 0.3 is 12.1 Å². The van der Waals surface area contributed by atoms with E-state index >= 15 is 0 Å². The van der Waals surface area contributed by atoms with Crippen LogP contribution in [0.15, 0.2) is 39.3 Å². The number of halogens is 5. The van der Waals surface area contributed by atoms with Crippen molar-refractivity contribution in [1.82, 2.24) is 0 Å². The molecule has 31 heavy (non-hydrogen) atoms. The zero-order chi connectivity index (χ0) is 23.4. The number of ether oxygens (including phenoxy) is 1. The molecule has 170 valence electrons. The molecule has 0 saturated carbocycles. The average molecular weight is 589 g/mol. The maximum Gasteiger partial charge on any atom is 0.416 e. The van der Waals surface area contributed by atoms with Crippen molar-refractivity contribution >= 4 is 53.5 Å². The Morgan fingerprint density at radius 3 is 2.23 bits per heavy atom. The van der Waals surface area contributed by atoms with Gasteiger partial charge in [-0.3, -0.25) is 9.52 Å². The van der Waals surface area contributed by atoms with E-state index < -0.39 is 27.7 Å². The molecule has 0 unspecified atom stereocenters. The molecule has 6 nitrogen and oxygen atoms in total. The summed E-state index contributed by atoms with van der Waals surface area (Å²) in [5.41, 5.74) is -0.386.